The van der Waals surface area contributed by atoms with E-state index in [-0.39, 0.29) is 24.0 Å². The van der Waals surface area contributed by atoms with E-state index in [0.717, 1.165) is 57.4 Å². The summed E-state index contributed by atoms with van der Waals surface area (Å²) in [7, 11) is 0. The van der Waals surface area contributed by atoms with Crippen LogP contribution in [-0.4, -0.2) is 63.6 Å². The molecule has 0 aromatic carbocycles. The van der Waals surface area contributed by atoms with E-state index in [4.69, 9.17) is 14.5 Å². The van der Waals surface area contributed by atoms with E-state index in [1.54, 1.807) is 0 Å². The Labute approximate surface area is 205 Å². The first-order chi connectivity index (χ1) is 14.8. The van der Waals surface area contributed by atoms with Crippen molar-refractivity contribution in [2.75, 3.05) is 57.5 Å². The molecule has 0 amide bonds. The largest absolute Gasteiger partial charge is 0.379 e. The van der Waals surface area contributed by atoms with Crippen molar-refractivity contribution in [2.45, 2.75) is 58.9 Å². The molecule has 2 rings (SSSR count). The summed E-state index contributed by atoms with van der Waals surface area (Å²) in [6.07, 6.45) is 9.35. The number of guanidine groups is 1. The lowest BCUT2D eigenvalue weighted by Crippen LogP contribution is -2.39. The van der Waals surface area contributed by atoms with E-state index in [1.807, 2.05) is 6.20 Å². The molecular formula is C23H42IN5O2. The van der Waals surface area contributed by atoms with Crippen molar-refractivity contribution in [3.8, 4) is 0 Å². The lowest BCUT2D eigenvalue weighted by atomic mass is 10.2. The topological polar surface area (TPSA) is 71.0 Å². The zero-order valence-electron chi connectivity index (χ0n) is 19.4. The van der Waals surface area contributed by atoms with Gasteiger partial charge in [-0.1, -0.05) is 26.2 Å². The molecule has 178 valence electrons. The Balaban J connectivity index is 0.00000480. The van der Waals surface area contributed by atoms with Crippen LogP contribution in [-0.2, 0) is 16.0 Å². The Hall–Kier alpha value is -1.13. The number of ether oxygens (including phenoxy) is 2. The third-order valence-corrected chi connectivity index (χ3v) is 5.06. The second-order valence-electron chi connectivity index (χ2n) is 7.62. The number of hydrogen-bond acceptors (Lipinski definition) is 5. The van der Waals surface area contributed by atoms with Gasteiger partial charge in [-0.2, -0.15) is 0 Å². The Morgan fingerprint density at radius 1 is 1.03 bits per heavy atom. The number of anilines is 1. The Bertz CT molecular complexity index is 595. The molecule has 1 aromatic rings. The van der Waals surface area contributed by atoms with Crippen LogP contribution in [0.5, 0.6) is 0 Å². The quantitative estimate of drug-likeness (QED) is 0.169. The fraction of sp³-hybridized carbons (Fsp3) is 0.739. The second kappa shape index (κ2) is 18.4. The average Bonchev–Trinajstić information content (AvgIpc) is 3.06. The maximum atomic E-state index is 5.61. The van der Waals surface area contributed by atoms with Crippen LogP contribution in [0.1, 0.15) is 57.9 Å². The average molecular weight is 548 g/mol. The second-order valence-corrected chi connectivity index (χ2v) is 7.62. The van der Waals surface area contributed by atoms with Gasteiger partial charge in [-0.25, -0.2) is 9.98 Å². The number of halogens is 1. The van der Waals surface area contributed by atoms with E-state index in [1.165, 1.54) is 31.2 Å². The number of nitrogens with one attached hydrogen (secondary N) is 2. The van der Waals surface area contributed by atoms with Gasteiger partial charge in [0.25, 0.3) is 0 Å². The molecule has 0 radical (unpaired) electrons. The minimum atomic E-state index is 0. The van der Waals surface area contributed by atoms with Gasteiger partial charge >= 0.3 is 0 Å². The number of aliphatic imine (C=N–C) groups is 1. The van der Waals surface area contributed by atoms with Crippen LogP contribution in [0.3, 0.4) is 0 Å². The monoisotopic (exact) mass is 547 g/mol. The number of pyridine rings is 1. The predicted molar refractivity (Wildman–Crippen MR) is 140 cm³/mol. The van der Waals surface area contributed by atoms with Crippen LogP contribution >= 0.6 is 24.0 Å². The molecule has 0 atom stereocenters. The number of rotatable bonds is 13. The predicted octanol–water partition coefficient (Wildman–Crippen LogP) is 3.97. The van der Waals surface area contributed by atoms with Gasteiger partial charge in [0.2, 0.25) is 0 Å². The maximum absolute atomic E-state index is 5.61. The molecule has 1 aliphatic heterocycles. The first-order valence-corrected chi connectivity index (χ1v) is 11.7. The van der Waals surface area contributed by atoms with Crippen LogP contribution in [0.2, 0.25) is 0 Å². The molecule has 0 unspecified atom stereocenters. The van der Waals surface area contributed by atoms with E-state index >= 15 is 0 Å². The maximum Gasteiger partial charge on any atom is 0.191 e. The lowest BCUT2D eigenvalue weighted by Gasteiger charge is -2.21. The first kappa shape index (κ1) is 27.9. The molecule has 1 saturated heterocycles. The SMILES string of the molecule is CCCCOCCOCCNC(=NCc1ccnc(N2CCCCCC2)c1)NCC.I. The van der Waals surface area contributed by atoms with Crippen LogP contribution in [0.4, 0.5) is 5.82 Å². The van der Waals surface area contributed by atoms with Crippen molar-refractivity contribution in [1.29, 1.82) is 0 Å². The zero-order chi connectivity index (χ0) is 21.3. The number of hydrogen-bond donors (Lipinski definition) is 2. The normalized spacial score (nSPS) is 14.6. The van der Waals surface area contributed by atoms with Gasteiger partial charge in [-0.15, -0.1) is 24.0 Å². The van der Waals surface area contributed by atoms with E-state index < -0.39 is 0 Å². The standard InChI is InChI=1S/C23H41N5O2.HI/c1-3-5-15-29-17-18-30-16-12-26-23(24-4-2)27-20-21-10-11-25-22(19-21)28-13-8-6-7-9-14-28;/h10-11,19H,3-9,12-18,20H2,1-2H3,(H2,24,26,27);1H. The summed E-state index contributed by atoms with van der Waals surface area (Å²) < 4.78 is 11.1. The third-order valence-electron chi connectivity index (χ3n) is 5.06. The van der Waals surface area contributed by atoms with E-state index in [2.05, 4.69) is 46.5 Å². The molecule has 0 aliphatic carbocycles. The van der Waals surface area contributed by atoms with Crippen molar-refractivity contribution < 1.29 is 9.47 Å². The van der Waals surface area contributed by atoms with Gasteiger partial charge in [0.15, 0.2) is 5.96 Å². The molecule has 1 aromatic heterocycles. The lowest BCUT2D eigenvalue weighted by molar-refractivity contribution is 0.0487. The van der Waals surface area contributed by atoms with Gasteiger partial charge in [0, 0.05) is 39.0 Å². The molecule has 2 heterocycles. The summed E-state index contributed by atoms with van der Waals surface area (Å²) in [4.78, 5) is 11.7. The van der Waals surface area contributed by atoms with Crippen molar-refractivity contribution >= 4 is 35.8 Å². The zero-order valence-corrected chi connectivity index (χ0v) is 21.7. The fourth-order valence-corrected chi connectivity index (χ4v) is 3.35. The van der Waals surface area contributed by atoms with Gasteiger partial charge in [0.1, 0.15) is 5.82 Å². The van der Waals surface area contributed by atoms with E-state index in [9.17, 15) is 0 Å². The molecule has 1 aliphatic rings. The Morgan fingerprint density at radius 3 is 2.48 bits per heavy atom. The Morgan fingerprint density at radius 2 is 1.77 bits per heavy atom. The highest BCUT2D eigenvalue weighted by Gasteiger charge is 2.11. The third kappa shape index (κ3) is 12.5. The van der Waals surface area contributed by atoms with Gasteiger partial charge in [0.05, 0.1) is 26.4 Å². The van der Waals surface area contributed by atoms with Crippen molar-refractivity contribution in [3.63, 3.8) is 0 Å². The molecule has 8 heteroatoms. The molecule has 1 fully saturated rings. The van der Waals surface area contributed by atoms with Crippen LogP contribution in [0.15, 0.2) is 23.3 Å². The minimum Gasteiger partial charge on any atom is -0.379 e. The van der Waals surface area contributed by atoms with Gasteiger partial charge in [-0.3, -0.25) is 0 Å². The van der Waals surface area contributed by atoms with Crippen molar-refractivity contribution in [3.05, 3.63) is 23.9 Å². The highest BCUT2D eigenvalue weighted by molar-refractivity contribution is 14.0. The van der Waals surface area contributed by atoms with Crippen LogP contribution < -0.4 is 15.5 Å². The molecular weight excluding hydrogens is 505 g/mol. The Kier molecular flexibility index (Phi) is 16.6. The van der Waals surface area contributed by atoms with Crippen molar-refractivity contribution in [1.82, 2.24) is 15.6 Å². The highest BCUT2D eigenvalue weighted by Crippen LogP contribution is 2.18. The summed E-state index contributed by atoms with van der Waals surface area (Å²) in [6.45, 7) is 11.4. The summed E-state index contributed by atoms with van der Waals surface area (Å²) in [6, 6.07) is 4.23. The van der Waals surface area contributed by atoms with E-state index in [0.29, 0.717) is 26.4 Å². The molecule has 2 N–H and O–H groups in total. The summed E-state index contributed by atoms with van der Waals surface area (Å²) in [5, 5.41) is 6.63. The van der Waals surface area contributed by atoms with Crippen LogP contribution in [0.25, 0.3) is 0 Å². The number of aromatic nitrogens is 1. The number of nitrogens with zero attached hydrogens (tertiary/aromatic N) is 3. The van der Waals surface area contributed by atoms with Gasteiger partial charge in [-0.05, 0) is 43.9 Å². The minimum absolute atomic E-state index is 0. The fourth-order valence-electron chi connectivity index (χ4n) is 3.35. The molecule has 31 heavy (non-hydrogen) atoms. The summed E-state index contributed by atoms with van der Waals surface area (Å²) in [5.74, 6) is 1.89. The van der Waals surface area contributed by atoms with Crippen molar-refractivity contribution in [2.24, 2.45) is 4.99 Å². The molecule has 0 saturated carbocycles. The number of unbranched alkanes of at least 4 members (excludes halogenated alkanes) is 1. The molecule has 0 spiro atoms. The summed E-state index contributed by atoms with van der Waals surface area (Å²) in [5.41, 5.74) is 1.18. The molecule has 0 bridgehead atoms. The van der Waals surface area contributed by atoms with Crippen LogP contribution in [0, 0.1) is 0 Å². The smallest absolute Gasteiger partial charge is 0.191 e. The highest BCUT2D eigenvalue weighted by atomic mass is 127. The van der Waals surface area contributed by atoms with Gasteiger partial charge < -0.3 is 25.0 Å². The summed E-state index contributed by atoms with van der Waals surface area (Å²) >= 11 is 0. The first-order valence-electron chi connectivity index (χ1n) is 11.7. The molecule has 7 nitrogen and oxygen atoms in total.